The topological polar surface area (TPSA) is 17.1 Å². The van der Waals surface area contributed by atoms with Gasteiger partial charge in [0.2, 0.25) is 0 Å². The third kappa shape index (κ3) is 1.51. The van der Waals surface area contributed by atoms with Crippen LogP contribution in [0.3, 0.4) is 0 Å². The van der Waals surface area contributed by atoms with Crippen LogP contribution in [-0.2, 0) is 0 Å². The zero-order chi connectivity index (χ0) is 8.55. The van der Waals surface area contributed by atoms with Crippen LogP contribution in [-0.4, -0.2) is 5.78 Å². The summed E-state index contributed by atoms with van der Waals surface area (Å²) in [5.41, 5.74) is 0.755. The van der Waals surface area contributed by atoms with E-state index in [-0.39, 0.29) is 11.7 Å². The second kappa shape index (κ2) is 2.91. The van der Waals surface area contributed by atoms with Crippen LogP contribution in [0, 0.1) is 5.92 Å². The van der Waals surface area contributed by atoms with E-state index >= 15 is 0 Å². The zero-order valence-corrected chi connectivity index (χ0v) is 7.34. The minimum absolute atomic E-state index is 0.248. The van der Waals surface area contributed by atoms with E-state index in [0.29, 0.717) is 5.02 Å². The Bertz CT molecular complexity index is 315. The number of hydrogen-bond acceptors (Lipinski definition) is 1. The number of Topliss-reactive ketones (excluding diaryl/α,β-unsaturated/α-hetero) is 1. The SMILES string of the molecule is O=C(c1cccc(Cl)c1)C1CC1. The van der Waals surface area contributed by atoms with Crippen LogP contribution < -0.4 is 0 Å². The normalized spacial score (nSPS) is 16.1. The molecule has 0 atom stereocenters. The van der Waals surface area contributed by atoms with E-state index in [1.54, 1.807) is 12.1 Å². The first-order valence-electron chi connectivity index (χ1n) is 4.07. The Morgan fingerprint density at radius 3 is 2.75 bits per heavy atom. The van der Waals surface area contributed by atoms with Gasteiger partial charge in [0.15, 0.2) is 5.78 Å². The molecular weight excluding hydrogens is 172 g/mol. The van der Waals surface area contributed by atoms with E-state index < -0.39 is 0 Å². The summed E-state index contributed by atoms with van der Waals surface area (Å²) in [5, 5.41) is 0.640. The van der Waals surface area contributed by atoms with Crippen molar-refractivity contribution in [1.29, 1.82) is 0 Å². The lowest BCUT2D eigenvalue weighted by Gasteiger charge is -1.97. The standard InChI is InChI=1S/C10H9ClO/c11-9-3-1-2-8(6-9)10(12)7-4-5-7/h1-3,6-7H,4-5H2. The molecule has 1 fully saturated rings. The minimum atomic E-state index is 0.248. The van der Waals surface area contributed by atoms with Crippen LogP contribution in [0.25, 0.3) is 0 Å². The van der Waals surface area contributed by atoms with Gasteiger partial charge in [0, 0.05) is 16.5 Å². The molecule has 0 aliphatic heterocycles. The van der Waals surface area contributed by atoms with Gasteiger partial charge in [-0.2, -0.15) is 0 Å². The molecule has 0 amide bonds. The maximum Gasteiger partial charge on any atom is 0.165 e. The van der Waals surface area contributed by atoms with Crippen molar-refractivity contribution in [2.75, 3.05) is 0 Å². The number of ketones is 1. The highest BCUT2D eigenvalue weighted by molar-refractivity contribution is 6.31. The Labute approximate surface area is 76.4 Å². The molecule has 0 aromatic heterocycles. The third-order valence-corrected chi connectivity index (χ3v) is 2.29. The molecule has 1 aliphatic carbocycles. The van der Waals surface area contributed by atoms with Crippen molar-refractivity contribution < 1.29 is 4.79 Å². The average molecular weight is 181 g/mol. The number of hydrogen-bond donors (Lipinski definition) is 0. The van der Waals surface area contributed by atoms with Gasteiger partial charge in [0.25, 0.3) is 0 Å². The molecule has 1 aliphatic rings. The van der Waals surface area contributed by atoms with E-state index in [1.807, 2.05) is 12.1 Å². The molecule has 2 rings (SSSR count). The summed E-state index contributed by atoms with van der Waals surface area (Å²) in [7, 11) is 0. The molecule has 12 heavy (non-hydrogen) atoms. The molecule has 1 saturated carbocycles. The van der Waals surface area contributed by atoms with Crippen molar-refractivity contribution in [3.63, 3.8) is 0 Å². The summed E-state index contributed by atoms with van der Waals surface area (Å²) in [4.78, 5) is 11.5. The Balaban J connectivity index is 2.26. The Morgan fingerprint density at radius 2 is 2.17 bits per heavy atom. The fourth-order valence-electron chi connectivity index (χ4n) is 1.22. The number of halogens is 1. The van der Waals surface area contributed by atoms with Crippen molar-refractivity contribution >= 4 is 17.4 Å². The van der Waals surface area contributed by atoms with E-state index in [1.165, 1.54) is 0 Å². The lowest BCUT2D eigenvalue weighted by Crippen LogP contribution is -2.00. The molecule has 0 heterocycles. The molecule has 1 nitrogen and oxygen atoms in total. The van der Waals surface area contributed by atoms with Crippen molar-refractivity contribution in [3.8, 4) is 0 Å². The van der Waals surface area contributed by atoms with Gasteiger partial charge < -0.3 is 0 Å². The third-order valence-electron chi connectivity index (χ3n) is 2.06. The molecule has 1 aromatic rings. The van der Waals surface area contributed by atoms with Gasteiger partial charge >= 0.3 is 0 Å². The maximum atomic E-state index is 11.5. The van der Waals surface area contributed by atoms with Crippen molar-refractivity contribution in [2.24, 2.45) is 5.92 Å². The highest BCUT2D eigenvalue weighted by Crippen LogP contribution is 2.32. The van der Waals surface area contributed by atoms with Crippen LogP contribution in [0.15, 0.2) is 24.3 Å². The van der Waals surface area contributed by atoms with E-state index in [2.05, 4.69) is 0 Å². The van der Waals surface area contributed by atoms with Crippen LogP contribution >= 0.6 is 11.6 Å². The predicted molar refractivity (Wildman–Crippen MR) is 48.5 cm³/mol. The van der Waals surface area contributed by atoms with Crippen molar-refractivity contribution in [2.45, 2.75) is 12.8 Å². The van der Waals surface area contributed by atoms with Crippen LogP contribution in [0.2, 0.25) is 5.02 Å². The fraction of sp³-hybridized carbons (Fsp3) is 0.300. The highest BCUT2D eigenvalue weighted by Gasteiger charge is 2.30. The van der Waals surface area contributed by atoms with Gasteiger partial charge in [-0.15, -0.1) is 0 Å². The summed E-state index contributed by atoms with van der Waals surface area (Å²) in [6.45, 7) is 0. The quantitative estimate of drug-likeness (QED) is 0.640. The smallest absolute Gasteiger partial charge is 0.165 e. The predicted octanol–water partition coefficient (Wildman–Crippen LogP) is 2.93. The second-order valence-corrected chi connectivity index (χ2v) is 3.59. The fourth-order valence-corrected chi connectivity index (χ4v) is 1.41. The molecule has 2 heteroatoms. The maximum absolute atomic E-state index is 11.5. The van der Waals surface area contributed by atoms with Crippen molar-refractivity contribution in [1.82, 2.24) is 0 Å². The first-order chi connectivity index (χ1) is 5.77. The molecule has 62 valence electrons. The Morgan fingerprint density at radius 1 is 1.42 bits per heavy atom. The lowest BCUT2D eigenvalue weighted by molar-refractivity contribution is 0.0967. The summed E-state index contributed by atoms with van der Waals surface area (Å²) in [6.07, 6.45) is 2.09. The number of rotatable bonds is 2. The number of carbonyl (C=O) groups excluding carboxylic acids is 1. The number of benzene rings is 1. The molecule has 0 spiro atoms. The van der Waals surface area contributed by atoms with Gasteiger partial charge in [-0.1, -0.05) is 23.7 Å². The van der Waals surface area contributed by atoms with E-state index in [0.717, 1.165) is 18.4 Å². The molecule has 0 N–H and O–H groups in total. The van der Waals surface area contributed by atoms with Crippen LogP contribution in [0.4, 0.5) is 0 Å². The molecule has 0 saturated heterocycles. The van der Waals surface area contributed by atoms with Gasteiger partial charge in [-0.05, 0) is 25.0 Å². The Hall–Kier alpha value is -0.820. The zero-order valence-electron chi connectivity index (χ0n) is 6.59. The van der Waals surface area contributed by atoms with Crippen LogP contribution in [0.5, 0.6) is 0 Å². The molecular formula is C10H9ClO. The summed E-state index contributed by atoms with van der Waals surface area (Å²) in [5.74, 6) is 0.529. The highest BCUT2D eigenvalue weighted by atomic mass is 35.5. The summed E-state index contributed by atoms with van der Waals surface area (Å²) in [6, 6.07) is 7.16. The first-order valence-corrected chi connectivity index (χ1v) is 4.45. The van der Waals surface area contributed by atoms with Crippen molar-refractivity contribution in [3.05, 3.63) is 34.9 Å². The summed E-state index contributed by atoms with van der Waals surface area (Å²) < 4.78 is 0. The van der Waals surface area contributed by atoms with Gasteiger partial charge in [0.05, 0.1) is 0 Å². The van der Waals surface area contributed by atoms with Gasteiger partial charge in [-0.3, -0.25) is 4.79 Å². The second-order valence-electron chi connectivity index (χ2n) is 3.15. The summed E-state index contributed by atoms with van der Waals surface area (Å²) >= 11 is 5.76. The largest absolute Gasteiger partial charge is 0.294 e. The molecule has 1 aromatic carbocycles. The van der Waals surface area contributed by atoms with E-state index in [4.69, 9.17) is 11.6 Å². The Kier molecular flexibility index (Phi) is 1.89. The monoisotopic (exact) mass is 180 g/mol. The lowest BCUT2D eigenvalue weighted by atomic mass is 10.1. The first kappa shape index (κ1) is 7.81. The van der Waals surface area contributed by atoms with Gasteiger partial charge in [0.1, 0.15) is 0 Å². The molecule has 0 bridgehead atoms. The average Bonchev–Trinajstić information content (AvgIpc) is 2.85. The molecule has 0 unspecified atom stereocenters. The van der Waals surface area contributed by atoms with Gasteiger partial charge in [-0.25, -0.2) is 0 Å². The van der Waals surface area contributed by atoms with Crippen LogP contribution in [0.1, 0.15) is 23.2 Å². The molecule has 0 radical (unpaired) electrons. The number of carbonyl (C=O) groups is 1. The van der Waals surface area contributed by atoms with E-state index in [9.17, 15) is 4.79 Å². The minimum Gasteiger partial charge on any atom is -0.294 e.